The average Bonchev–Trinajstić information content (AvgIpc) is 2.98. The predicted octanol–water partition coefficient (Wildman–Crippen LogP) is 5.12. The van der Waals surface area contributed by atoms with Crippen LogP contribution in [-0.4, -0.2) is 53.6 Å². The number of piperidine rings is 1. The van der Waals surface area contributed by atoms with Gasteiger partial charge in [0.25, 0.3) is 5.91 Å². The monoisotopic (exact) mass is 566 g/mol. The molecule has 3 aromatic rings. The van der Waals surface area contributed by atoms with Crippen molar-refractivity contribution in [2.45, 2.75) is 45.1 Å². The third-order valence-electron chi connectivity index (χ3n) is 8.17. The van der Waals surface area contributed by atoms with Crippen LogP contribution >= 0.6 is 0 Å². The number of rotatable bonds is 9. The van der Waals surface area contributed by atoms with E-state index in [4.69, 9.17) is 0 Å². The first-order valence-corrected chi connectivity index (χ1v) is 14.7. The first-order chi connectivity index (χ1) is 20.4. The van der Waals surface area contributed by atoms with E-state index >= 15 is 0 Å². The lowest BCUT2D eigenvalue weighted by Crippen LogP contribution is -2.47. The highest BCUT2D eigenvalue weighted by Gasteiger charge is 2.34. The molecule has 4 amide bonds. The summed E-state index contributed by atoms with van der Waals surface area (Å²) >= 11 is 0. The Labute approximate surface area is 247 Å². The van der Waals surface area contributed by atoms with Crippen molar-refractivity contribution >= 4 is 35.0 Å². The number of likely N-dealkylation sites (tertiary alicyclic amines) is 1. The Balaban J connectivity index is 1.08. The number of nitrogens with zero attached hydrogens (tertiary/aromatic N) is 2. The molecule has 1 aliphatic heterocycles. The number of amides is 4. The van der Waals surface area contributed by atoms with E-state index in [0.717, 1.165) is 49.8 Å². The lowest BCUT2D eigenvalue weighted by molar-refractivity contribution is -0.141. The number of carbonyl (C=O) groups excluding carboxylic acids is 4. The zero-order valence-electron chi connectivity index (χ0n) is 24.1. The van der Waals surface area contributed by atoms with E-state index in [2.05, 4.69) is 10.6 Å². The van der Waals surface area contributed by atoms with Gasteiger partial charge in [-0.05, 0) is 73.2 Å². The first kappa shape index (κ1) is 29.0. The molecule has 42 heavy (non-hydrogen) atoms. The van der Waals surface area contributed by atoms with E-state index in [9.17, 15) is 19.2 Å². The van der Waals surface area contributed by atoms with Crippen molar-refractivity contribution in [3.8, 4) is 0 Å². The normalized spacial score (nSPS) is 16.7. The number of nitrogens with one attached hydrogen (secondary N) is 2. The smallest absolute Gasteiger partial charge is 0.253 e. The van der Waals surface area contributed by atoms with Crippen molar-refractivity contribution in [1.29, 1.82) is 0 Å². The maximum Gasteiger partial charge on any atom is 0.253 e. The molecular weight excluding hydrogens is 528 g/mol. The van der Waals surface area contributed by atoms with Gasteiger partial charge in [0, 0.05) is 49.5 Å². The van der Waals surface area contributed by atoms with Gasteiger partial charge in [0.2, 0.25) is 17.7 Å². The van der Waals surface area contributed by atoms with Crippen LogP contribution in [-0.2, 0) is 27.3 Å². The maximum atomic E-state index is 12.9. The topological polar surface area (TPSA) is 98.8 Å². The van der Waals surface area contributed by atoms with Crippen LogP contribution < -0.4 is 10.6 Å². The van der Waals surface area contributed by atoms with Gasteiger partial charge in [-0.15, -0.1) is 0 Å². The molecule has 1 saturated heterocycles. The zero-order chi connectivity index (χ0) is 29.5. The largest absolute Gasteiger partial charge is 0.342 e. The van der Waals surface area contributed by atoms with Crippen LogP contribution in [0.25, 0.3) is 0 Å². The van der Waals surface area contributed by atoms with Crippen molar-refractivity contribution in [2.75, 3.05) is 30.8 Å². The molecule has 0 bridgehead atoms. The van der Waals surface area contributed by atoms with Crippen LogP contribution in [0.5, 0.6) is 0 Å². The quantitative estimate of drug-likeness (QED) is 0.376. The van der Waals surface area contributed by atoms with Gasteiger partial charge in [0.05, 0.1) is 12.3 Å². The summed E-state index contributed by atoms with van der Waals surface area (Å²) in [6, 6.07) is 23.9. The van der Waals surface area contributed by atoms with E-state index in [1.54, 1.807) is 48.3 Å². The van der Waals surface area contributed by atoms with E-state index in [-0.39, 0.29) is 41.9 Å². The minimum Gasteiger partial charge on any atom is -0.342 e. The highest BCUT2D eigenvalue weighted by atomic mass is 16.2. The molecule has 2 aliphatic rings. The predicted molar refractivity (Wildman–Crippen MR) is 163 cm³/mol. The molecule has 1 unspecified atom stereocenters. The number of carbonyl (C=O) groups is 4. The average molecular weight is 567 g/mol. The molecule has 1 aliphatic carbocycles. The van der Waals surface area contributed by atoms with Crippen molar-refractivity contribution in [3.63, 3.8) is 0 Å². The molecule has 2 fully saturated rings. The Kier molecular flexibility index (Phi) is 9.31. The van der Waals surface area contributed by atoms with Gasteiger partial charge >= 0.3 is 0 Å². The van der Waals surface area contributed by atoms with E-state index in [1.165, 1.54) is 0 Å². The molecule has 1 saturated carbocycles. The van der Waals surface area contributed by atoms with Gasteiger partial charge in [-0.3, -0.25) is 19.2 Å². The second-order valence-corrected chi connectivity index (χ2v) is 11.4. The van der Waals surface area contributed by atoms with Crippen molar-refractivity contribution in [2.24, 2.45) is 11.8 Å². The van der Waals surface area contributed by atoms with Crippen LogP contribution in [0.15, 0.2) is 78.9 Å². The fraction of sp³-hybridized carbons (Fsp3) is 0.353. The molecular formula is C34H38N4O4. The molecule has 1 heterocycles. The van der Waals surface area contributed by atoms with Crippen LogP contribution in [0.4, 0.5) is 11.4 Å². The highest BCUT2D eigenvalue weighted by molar-refractivity contribution is 5.96. The minimum absolute atomic E-state index is 0.0696. The Morgan fingerprint density at radius 1 is 0.762 bits per heavy atom. The van der Waals surface area contributed by atoms with Crippen LogP contribution in [0, 0.1) is 11.8 Å². The third kappa shape index (κ3) is 7.43. The molecule has 0 spiro atoms. The van der Waals surface area contributed by atoms with Gasteiger partial charge < -0.3 is 20.4 Å². The lowest BCUT2D eigenvalue weighted by atomic mass is 9.83. The van der Waals surface area contributed by atoms with E-state index in [0.29, 0.717) is 30.0 Å². The van der Waals surface area contributed by atoms with E-state index in [1.807, 2.05) is 47.4 Å². The van der Waals surface area contributed by atoms with Gasteiger partial charge in [-0.1, -0.05) is 48.9 Å². The highest BCUT2D eigenvalue weighted by Crippen LogP contribution is 2.30. The van der Waals surface area contributed by atoms with Gasteiger partial charge in [-0.2, -0.15) is 0 Å². The number of anilines is 2. The Hall–Kier alpha value is -4.46. The number of hydrogen-bond donors (Lipinski definition) is 2. The fourth-order valence-electron chi connectivity index (χ4n) is 5.49. The summed E-state index contributed by atoms with van der Waals surface area (Å²) in [6.07, 6.45) is 4.85. The molecule has 0 aromatic heterocycles. The molecule has 8 heteroatoms. The standard InChI is InChI=1S/C34H38N4O4/c1-37(22-25-7-3-2-4-8-25)33(41)27-14-18-29(19-15-27)35-31(39)21-24-12-16-30(17-13-24)36-32(40)28-11-6-20-38(23-28)34(42)26-9-5-10-26/h2-4,7-8,12-19,26,28H,5-6,9-11,20-23H2,1H3,(H,35,39)(H,36,40). The Morgan fingerprint density at radius 2 is 1.40 bits per heavy atom. The summed E-state index contributed by atoms with van der Waals surface area (Å²) in [5.74, 6) is -0.189. The molecule has 1 atom stereocenters. The summed E-state index contributed by atoms with van der Waals surface area (Å²) in [5, 5.41) is 5.86. The molecule has 2 N–H and O–H groups in total. The lowest BCUT2D eigenvalue weighted by Gasteiger charge is -2.36. The SMILES string of the molecule is CN(Cc1ccccc1)C(=O)c1ccc(NC(=O)Cc2ccc(NC(=O)C3CCCN(C(=O)C4CCC4)C3)cc2)cc1. The van der Waals surface area contributed by atoms with E-state index < -0.39 is 0 Å². The summed E-state index contributed by atoms with van der Waals surface area (Å²) in [7, 11) is 1.77. The fourth-order valence-corrected chi connectivity index (χ4v) is 5.49. The number of hydrogen-bond acceptors (Lipinski definition) is 4. The molecule has 0 radical (unpaired) electrons. The molecule has 218 valence electrons. The molecule has 5 rings (SSSR count). The zero-order valence-corrected chi connectivity index (χ0v) is 24.1. The summed E-state index contributed by atoms with van der Waals surface area (Å²) in [4.78, 5) is 54.5. The Morgan fingerprint density at radius 3 is 2.07 bits per heavy atom. The van der Waals surface area contributed by atoms with Gasteiger partial charge in [0.1, 0.15) is 0 Å². The van der Waals surface area contributed by atoms with Crippen molar-refractivity contribution < 1.29 is 19.2 Å². The van der Waals surface area contributed by atoms with Gasteiger partial charge in [0.15, 0.2) is 0 Å². The summed E-state index contributed by atoms with van der Waals surface area (Å²) in [6.45, 7) is 1.74. The van der Waals surface area contributed by atoms with Crippen LogP contribution in [0.1, 0.15) is 53.6 Å². The third-order valence-corrected chi connectivity index (χ3v) is 8.17. The van der Waals surface area contributed by atoms with Crippen LogP contribution in [0.2, 0.25) is 0 Å². The van der Waals surface area contributed by atoms with Crippen LogP contribution in [0.3, 0.4) is 0 Å². The second kappa shape index (κ2) is 13.5. The molecule has 8 nitrogen and oxygen atoms in total. The number of benzene rings is 3. The second-order valence-electron chi connectivity index (χ2n) is 11.4. The summed E-state index contributed by atoms with van der Waals surface area (Å²) < 4.78 is 0. The van der Waals surface area contributed by atoms with Gasteiger partial charge in [-0.25, -0.2) is 0 Å². The maximum absolute atomic E-state index is 12.9. The Bertz CT molecular complexity index is 1400. The molecule has 3 aromatic carbocycles. The van der Waals surface area contributed by atoms with Crippen molar-refractivity contribution in [1.82, 2.24) is 9.80 Å². The first-order valence-electron chi connectivity index (χ1n) is 14.7. The summed E-state index contributed by atoms with van der Waals surface area (Å²) in [5.41, 5.74) is 3.71. The van der Waals surface area contributed by atoms with Crippen molar-refractivity contribution in [3.05, 3.63) is 95.6 Å². The minimum atomic E-state index is -0.209.